The first-order valence-corrected chi connectivity index (χ1v) is 6.00. The Morgan fingerprint density at radius 1 is 1.06 bits per heavy atom. The topological polar surface area (TPSA) is 38.0 Å². The van der Waals surface area contributed by atoms with Crippen molar-refractivity contribution in [2.24, 2.45) is 17.7 Å². The van der Waals surface area contributed by atoms with Crippen molar-refractivity contribution in [3.05, 3.63) is 34.9 Å². The lowest BCUT2D eigenvalue weighted by Crippen LogP contribution is -2.34. The SMILES string of the molecule is Cc1ccc(C(NN)C(C)C(C)C)cc1C. The monoisotopic (exact) mass is 220 g/mol. The minimum absolute atomic E-state index is 0.235. The molecule has 2 heteroatoms. The van der Waals surface area contributed by atoms with Gasteiger partial charge in [-0.05, 0) is 42.4 Å². The van der Waals surface area contributed by atoms with E-state index < -0.39 is 0 Å². The number of benzene rings is 1. The van der Waals surface area contributed by atoms with E-state index >= 15 is 0 Å². The summed E-state index contributed by atoms with van der Waals surface area (Å²) in [5.74, 6) is 6.82. The zero-order valence-electron chi connectivity index (χ0n) is 11.0. The van der Waals surface area contributed by atoms with E-state index in [2.05, 4.69) is 58.2 Å². The van der Waals surface area contributed by atoms with E-state index in [-0.39, 0.29) is 6.04 Å². The maximum absolute atomic E-state index is 5.68. The number of nitrogens with two attached hydrogens (primary N) is 1. The normalized spacial score (nSPS) is 15.2. The van der Waals surface area contributed by atoms with Gasteiger partial charge in [0.2, 0.25) is 0 Å². The third kappa shape index (κ3) is 2.83. The molecule has 0 bridgehead atoms. The van der Waals surface area contributed by atoms with Crippen LogP contribution in [0.4, 0.5) is 0 Å². The van der Waals surface area contributed by atoms with E-state index in [1.165, 1.54) is 16.7 Å². The molecule has 2 unspecified atom stereocenters. The smallest absolute Gasteiger partial charge is 0.0488 e. The maximum Gasteiger partial charge on any atom is 0.0488 e. The van der Waals surface area contributed by atoms with Crippen molar-refractivity contribution in [2.75, 3.05) is 0 Å². The summed E-state index contributed by atoms with van der Waals surface area (Å²) in [7, 11) is 0. The molecule has 1 aromatic rings. The standard InChI is InChI=1S/C14H24N2/c1-9(2)12(5)14(16-15)13-7-6-10(3)11(4)8-13/h6-9,12,14,16H,15H2,1-5H3. The molecule has 0 heterocycles. The van der Waals surface area contributed by atoms with Crippen LogP contribution < -0.4 is 11.3 Å². The van der Waals surface area contributed by atoms with Crippen LogP contribution in [0.3, 0.4) is 0 Å². The van der Waals surface area contributed by atoms with E-state index in [0.717, 1.165) is 0 Å². The Morgan fingerprint density at radius 3 is 2.12 bits per heavy atom. The van der Waals surface area contributed by atoms with Gasteiger partial charge in [-0.1, -0.05) is 39.0 Å². The zero-order chi connectivity index (χ0) is 12.3. The Hall–Kier alpha value is -0.860. The third-order valence-corrected chi connectivity index (χ3v) is 3.65. The van der Waals surface area contributed by atoms with Crippen LogP contribution in [0.15, 0.2) is 18.2 Å². The number of hydrogen-bond acceptors (Lipinski definition) is 2. The summed E-state index contributed by atoms with van der Waals surface area (Å²) in [5, 5.41) is 0. The summed E-state index contributed by atoms with van der Waals surface area (Å²) in [5.41, 5.74) is 6.89. The second-order valence-electron chi connectivity index (χ2n) is 5.09. The maximum atomic E-state index is 5.68. The molecule has 0 saturated heterocycles. The zero-order valence-corrected chi connectivity index (χ0v) is 11.0. The van der Waals surface area contributed by atoms with Crippen LogP contribution in [0, 0.1) is 25.7 Å². The second-order valence-corrected chi connectivity index (χ2v) is 5.09. The molecule has 16 heavy (non-hydrogen) atoms. The van der Waals surface area contributed by atoms with Crippen LogP contribution in [0.5, 0.6) is 0 Å². The Labute approximate surface area is 99.2 Å². The molecule has 2 atom stereocenters. The van der Waals surface area contributed by atoms with Gasteiger partial charge in [0.15, 0.2) is 0 Å². The summed E-state index contributed by atoms with van der Waals surface area (Å²) >= 11 is 0. The van der Waals surface area contributed by atoms with Gasteiger partial charge in [-0.2, -0.15) is 0 Å². The van der Waals surface area contributed by atoms with Gasteiger partial charge in [-0.15, -0.1) is 0 Å². The summed E-state index contributed by atoms with van der Waals surface area (Å²) in [4.78, 5) is 0. The number of hydrazine groups is 1. The molecule has 1 aromatic carbocycles. The predicted molar refractivity (Wildman–Crippen MR) is 70.0 cm³/mol. The largest absolute Gasteiger partial charge is 0.271 e. The predicted octanol–water partition coefficient (Wildman–Crippen LogP) is 3.10. The van der Waals surface area contributed by atoms with Crippen molar-refractivity contribution in [1.82, 2.24) is 5.43 Å². The fourth-order valence-corrected chi connectivity index (χ4v) is 1.89. The molecule has 90 valence electrons. The number of rotatable bonds is 4. The fourth-order valence-electron chi connectivity index (χ4n) is 1.89. The van der Waals surface area contributed by atoms with E-state index in [0.29, 0.717) is 11.8 Å². The van der Waals surface area contributed by atoms with E-state index in [1.807, 2.05) is 0 Å². The molecule has 0 radical (unpaired) electrons. The van der Waals surface area contributed by atoms with Gasteiger partial charge in [0.1, 0.15) is 0 Å². The van der Waals surface area contributed by atoms with Gasteiger partial charge < -0.3 is 0 Å². The van der Waals surface area contributed by atoms with E-state index in [1.54, 1.807) is 0 Å². The summed E-state index contributed by atoms with van der Waals surface area (Å²) in [6.07, 6.45) is 0. The van der Waals surface area contributed by atoms with E-state index in [4.69, 9.17) is 5.84 Å². The highest BCUT2D eigenvalue weighted by Crippen LogP contribution is 2.28. The molecule has 3 N–H and O–H groups in total. The molecule has 0 aliphatic carbocycles. The lowest BCUT2D eigenvalue weighted by atomic mass is 9.85. The molecule has 0 amide bonds. The molecule has 0 spiro atoms. The lowest BCUT2D eigenvalue weighted by molar-refractivity contribution is 0.306. The number of nitrogens with one attached hydrogen (secondary N) is 1. The highest BCUT2D eigenvalue weighted by molar-refractivity contribution is 5.32. The molecule has 0 aromatic heterocycles. The van der Waals surface area contributed by atoms with Crippen molar-refractivity contribution in [2.45, 2.75) is 40.7 Å². The van der Waals surface area contributed by atoms with Gasteiger partial charge >= 0.3 is 0 Å². The van der Waals surface area contributed by atoms with Crippen LogP contribution in [-0.2, 0) is 0 Å². The van der Waals surface area contributed by atoms with Crippen molar-refractivity contribution in [1.29, 1.82) is 0 Å². The second kappa shape index (κ2) is 5.46. The highest BCUT2D eigenvalue weighted by atomic mass is 15.2. The van der Waals surface area contributed by atoms with Gasteiger partial charge in [0.25, 0.3) is 0 Å². The quantitative estimate of drug-likeness (QED) is 0.604. The Kier molecular flexibility index (Phi) is 4.51. The van der Waals surface area contributed by atoms with Crippen LogP contribution in [0.25, 0.3) is 0 Å². The van der Waals surface area contributed by atoms with Crippen LogP contribution in [0.1, 0.15) is 43.5 Å². The van der Waals surface area contributed by atoms with Crippen molar-refractivity contribution in [3.63, 3.8) is 0 Å². The summed E-state index contributed by atoms with van der Waals surface area (Å²) < 4.78 is 0. The van der Waals surface area contributed by atoms with Gasteiger partial charge in [-0.3, -0.25) is 11.3 Å². The molecule has 0 fully saturated rings. The third-order valence-electron chi connectivity index (χ3n) is 3.65. The first-order valence-electron chi connectivity index (χ1n) is 6.00. The molecule has 0 aliphatic heterocycles. The molecule has 0 aliphatic rings. The molecule has 1 rings (SSSR count). The Balaban J connectivity index is 2.99. The van der Waals surface area contributed by atoms with E-state index in [9.17, 15) is 0 Å². The van der Waals surface area contributed by atoms with Gasteiger partial charge in [0.05, 0.1) is 0 Å². The van der Waals surface area contributed by atoms with Crippen molar-refractivity contribution >= 4 is 0 Å². The summed E-state index contributed by atoms with van der Waals surface area (Å²) in [6, 6.07) is 6.81. The van der Waals surface area contributed by atoms with Crippen LogP contribution >= 0.6 is 0 Å². The van der Waals surface area contributed by atoms with Gasteiger partial charge in [0, 0.05) is 6.04 Å². The molecule has 2 nitrogen and oxygen atoms in total. The molecular weight excluding hydrogens is 196 g/mol. The molecular formula is C14H24N2. The first-order chi connectivity index (χ1) is 7.47. The van der Waals surface area contributed by atoms with Crippen molar-refractivity contribution in [3.8, 4) is 0 Å². The first kappa shape index (κ1) is 13.2. The van der Waals surface area contributed by atoms with Crippen molar-refractivity contribution < 1.29 is 0 Å². The minimum Gasteiger partial charge on any atom is -0.271 e. The summed E-state index contributed by atoms with van der Waals surface area (Å²) in [6.45, 7) is 11.0. The fraction of sp³-hybridized carbons (Fsp3) is 0.571. The number of hydrogen-bond donors (Lipinski definition) is 2. The lowest BCUT2D eigenvalue weighted by Gasteiger charge is -2.27. The Bertz CT molecular complexity index is 345. The average molecular weight is 220 g/mol. The minimum atomic E-state index is 0.235. The van der Waals surface area contributed by atoms with Crippen LogP contribution in [-0.4, -0.2) is 0 Å². The highest BCUT2D eigenvalue weighted by Gasteiger charge is 2.20. The average Bonchev–Trinajstić information content (AvgIpc) is 2.24. The molecule has 0 saturated carbocycles. The number of aryl methyl sites for hydroxylation is 2. The van der Waals surface area contributed by atoms with Gasteiger partial charge in [-0.25, -0.2) is 0 Å². The Morgan fingerprint density at radius 2 is 1.69 bits per heavy atom. The van der Waals surface area contributed by atoms with Crippen LogP contribution in [0.2, 0.25) is 0 Å².